The minimum Gasteiger partial charge on any atom is -0.488 e. The highest BCUT2D eigenvalue weighted by Crippen LogP contribution is 2.39. The standard InChI is InChI=1S/C11H14N2O3/c1-12(2)11-9(13(14)15)4-3-5-10(11)16-8-6-7-8/h3-5,8H,6-7H2,1-2H3. The van der Waals surface area contributed by atoms with E-state index in [2.05, 4.69) is 0 Å². The maximum Gasteiger partial charge on any atom is 0.296 e. The molecule has 0 bridgehead atoms. The number of hydrogen-bond acceptors (Lipinski definition) is 4. The van der Waals surface area contributed by atoms with Crippen LogP contribution in [0.2, 0.25) is 0 Å². The van der Waals surface area contributed by atoms with Crippen molar-refractivity contribution in [2.24, 2.45) is 0 Å². The van der Waals surface area contributed by atoms with E-state index in [1.54, 1.807) is 31.1 Å². The van der Waals surface area contributed by atoms with Gasteiger partial charge in [0.2, 0.25) is 0 Å². The highest BCUT2D eigenvalue weighted by molar-refractivity contribution is 5.70. The Kier molecular flexibility index (Phi) is 2.68. The zero-order chi connectivity index (χ0) is 11.7. The second-order valence-electron chi connectivity index (χ2n) is 4.09. The van der Waals surface area contributed by atoms with E-state index in [-0.39, 0.29) is 16.7 Å². The number of para-hydroxylation sites is 1. The van der Waals surface area contributed by atoms with Crippen molar-refractivity contribution in [1.82, 2.24) is 0 Å². The molecule has 0 N–H and O–H groups in total. The molecule has 0 aromatic heterocycles. The molecule has 0 atom stereocenters. The minimum absolute atomic E-state index is 0.0863. The molecule has 1 fully saturated rings. The fraction of sp³-hybridized carbons (Fsp3) is 0.455. The second kappa shape index (κ2) is 4.00. The molecular weight excluding hydrogens is 208 g/mol. The van der Waals surface area contributed by atoms with Crippen molar-refractivity contribution in [1.29, 1.82) is 0 Å². The fourth-order valence-corrected chi connectivity index (χ4v) is 1.57. The molecule has 2 rings (SSSR count). The van der Waals surface area contributed by atoms with Gasteiger partial charge in [-0.3, -0.25) is 10.1 Å². The summed E-state index contributed by atoms with van der Waals surface area (Å²) in [6.07, 6.45) is 2.31. The minimum atomic E-state index is -0.380. The van der Waals surface area contributed by atoms with E-state index < -0.39 is 0 Å². The Morgan fingerprint density at radius 3 is 2.62 bits per heavy atom. The third-order valence-electron chi connectivity index (χ3n) is 2.44. The Morgan fingerprint density at radius 1 is 1.44 bits per heavy atom. The van der Waals surface area contributed by atoms with E-state index in [1.807, 2.05) is 0 Å². The molecular formula is C11H14N2O3. The summed E-state index contributed by atoms with van der Waals surface area (Å²) in [7, 11) is 3.56. The number of anilines is 1. The Bertz CT molecular complexity index is 414. The van der Waals surface area contributed by atoms with Gasteiger partial charge in [-0.1, -0.05) is 6.07 Å². The normalized spacial score (nSPS) is 14.6. The maximum absolute atomic E-state index is 10.9. The fourth-order valence-electron chi connectivity index (χ4n) is 1.57. The molecule has 1 aromatic carbocycles. The van der Waals surface area contributed by atoms with Crippen LogP contribution >= 0.6 is 0 Å². The van der Waals surface area contributed by atoms with E-state index in [0.717, 1.165) is 12.8 Å². The third kappa shape index (κ3) is 2.08. The summed E-state index contributed by atoms with van der Waals surface area (Å²) in [4.78, 5) is 12.2. The summed E-state index contributed by atoms with van der Waals surface area (Å²) in [5.41, 5.74) is 0.627. The van der Waals surface area contributed by atoms with Crippen LogP contribution in [0.25, 0.3) is 0 Å². The van der Waals surface area contributed by atoms with Gasteiger partial charge in [0.15, 0.2) is 5.69 Å². The molecule has 1 aliphatic carbocycles. The average molecular weight is 222 g/mol. The van der Waals surface area contributed by atoms with Crippen molar-refractivity contribution in [3.05, 3.63) is 28.3 Å². The van der Waals surface area contributed by atoms with Crippen molar-refractivity contribution < 1.29 is 9.66 Å². The number of nitro benzene ring substituents is 1. The highest BCUT2D eigenvalue weighted by Gasteiger charge is 2.27. The average Bonchev–Trinajstić information content (AvgIpc) is 3.00. The highest BCUT2D eigenvalue weighted by atomic mass is 16.6. The number of rotatable bonds is 4. The summed E-state index contributed by atoms with van der Waals surface area (Å²) in [6, 6.07) is 4.93. The van der Waals surface area contributed by atoms with Gasteiger partial charge >= 0.3 is 0 Å². The Labute approximate surface area is 93.8 Å². The zero-order valence-electron chi connectivity index (χ0n) is 9.34. The van der Waals surface area contributed by atoms with Crippen LogP contribution in [0.1, 0.15) is 12.8 Å². The van der Waals surface area contributed by atoms with Crippen LogP contribution < -0.4 is 9.64 Å². The smallest absolute Gasteiger partial charge is 0.296 e. The number of hydrogen-bond donors (Lipinski definition) is 0. The van der Waals surface area contributed by atoms with Crippen molar-refractivity contribution in [2.75, 3.05) is 19.0 Å². The Morgan fingerprint density at radius 2 is 2.12 bits per heavy atom. The van der Waals surface area contributed by atoms with Crippen molar-refractivity contribution in [2.45, 2.75) is 18.9 Å². The monoisotopic (exact) mass is 222 g/mol. The predicted molar refractivity (Wildman–Crippen MR) is 61.1 cm³/mol. The molecule has 86 valence electrons. The molecule has 5 heteroatoms. The molecule has 1 aliphatic rings. The number of ether oxygens (including phenoxy) is 1. The lowest BCUT2D eigenvalue weighted by Crippen LogP contribution is -2.13. The largest absolute Gasteiger partial charge is 0.488 e. The summed E-state index contributed by atoms with van der Waals surface area (Å²) >= 11 is 0. The van der Waals surface area contributed by atoms with Gasteiger partial charge in [-0.05, 0) is 18.9 Å². The number of benzene rings is 1. The molecule has 1 aromatic rings. The molecule has 1 saturated carbocycles. The number of nitrogens with zero attached hydrogens (tertiary/aromatic N) is 2. The first-order chi connectivity index (χ1) is 7.59. The van der Waals surface area contributed by atoms with E-state index in [1.165, 1.54) is 6.07 Å². The van der Waals surface area contributed by atoms with Crippen molar-refractivity contribution in [3.8, 4) is 5.75 Å². The SMILES string of the molecule is CN(C)c1c(OC2CC2)cccc1[N+](=O)[O-]. The molecule has 0 radical (unpaired) electrons. The van der Waals surface area contributed by atoms with Gasteiger partial charge in [-0.25, -0.2) is 0 Å². The quantitative estimate of drug-likeness (QED) is 0.579. The summed E-state index contributed by atoms with van der Waals surface area (Å²) in [5, 5.41) is 10.9. The van der Waals surface area contributed by atoms with Gasteiger partial charge in [-0.15, -0.1) is 0 Å². The van der Waals surface area contributed by atoms with Gasteiger partial charge in [0.1, 0.15) is 5.75 Å². The molecule has 0 aliphatic heterocycles. The van der Waals surface area contributed by atoms with E-state index in [4.69, 9.17) is 4.74 Å². The molecule has 0 spiro atoms. The van der Waals surface area contributed by atoms with Gasteiger partial charge < -0.3 is 9.64 Å². The second-order valence-corrected chi connectivity index (χ2v) is 4.09. The first-order valence-corrected chi connectivity index (χ1v) is 5.21. The predicted octanol–water partition coefficient (Wildman–Crippen LogP) is 2.20. The lowest BCUT2D eigenvalue weighted by atomic mass is 10.2. The van der Waals surface area contributed by atoms with E-state index >= 15 is 0 Å². The maximum atomic E-state index is 10.9. The van der Waals surface area contributed by atoms with Crippen LogP contribution in [0, 0.1) is 10.1 Å². The summed E-state index contributed by atoms with van der Waals surface area (Å²) in [6.45, 7) is 0. The molecule has 0 unspecified atom stereocenters. The zero-order valence-corrected chi connectivity index (χ0v) is 9.34. The molecule has 0 saturated heterocycles. The van der Waals surface area contributed by atoms with Crippen LogP contribution in [0.3, 0.4) is 0 Å². The van der Waals surface area contributed by atoms with Gasteiger partial charge in [0.05, 0.1) is 11.0 Å². The lowest BCUT2D eigenvalue weighted by Gasteiger charge is -2.17. The van der Waals surface area contributed by atoms with E-state index in [9.17, 15) is 10.1 Å². The Balaban J connectivity index is 2.41. The first-order valence-electron chi connectivity index (χ1n) is 5.21. The van der Waals surface area contributed by atoms with E-state index in [0.29, 0.717) is 11.4 Å². The molecule has 5 nitrogen and oxygen atoms in total. The van der Waals surface area contributed by atoms with Crippen LogP contribution in [0.4, 0.5) is 11.4 Å². The van der Waals surface area contributed by atoms with Gasteiger partial charge in [-0.2, -0.15) is 0 Å². The lowest BCUT2D eigenvalue weighted by molar-refractivity contribution is -0.384. The van der Waals surface area contributed by atoms with Crippen molar-refractivity contribution in [3.63, 3.8) is 0 Å². The van der Waals surface area contributed by atoms with Crippen LogP contribution in [0.5, 0.6) is 5.75 Å². The van der Waals surface area contributed by atoms with Crippen LogP contribution in [-0.4, -0.2) is 25.1 Å². The first kappa shape index (κ1) is 10.7. The topological polar surface area (TPSA) is 55.6 Å². The van der Waals surface area contributed by atoms with Crippen LogP contribution in [-0.2, 0) is 0 Å². The molecule has 0 amide bonds. The third-order valence-corrected chi connectivity index (χ3v) is 2.44. The van der Waals surface area contributed by atoms with Crippen LogP contribution in [0.15, 0.2) is 18.2 Å². The Hall–Kier alpha value is -1.78. The molecule has 0 heterocycles. The van der Waals surface area contributed by atoms with Gasteiger partial charge in [0.25, 0.3) is 5.69 Å². The molecule has 16 heavy (non-hydrogen) atoms. The van der Waals surface area contributed by atoms with Gasteiger partial charge in [0, 0.05) is 20.2 Å². The summed E-state index contributed by atoms with van der Waals surface area (Å²) < 4.78 is 5.66. The van der Waals surface area contributed by atoms with Crippen molar-refractivity contribution >= 4 is 11.4 Å². The number of nitro groups is 1. The summed E-state index contributed by atoms with van der Waals surface area (Å²) in [5.74, 6) is 0.599.